The van der Waals surface area contributed by atoms with E-state index in [2.05, 4.69) is 45.9 Å². The molecule has 4 heteroatoms. The molecule has 0 aromatic heterocycles. The Bertz CT molecular complexity index is 722. The molecule has 25 heavy (non-hydrogen) atoms. The first-order valence-corrected chi connectivity index (χ1v) is 7.55. The Kier molecular flexibility index (Phi) is 12.8. The molecule has 0 radical (unpaired) electrons. The number of nitrogens with one attached hydrogen (secondary N) is 1. The second-order valence-electron chi connectivity index (χ2n) is 5.71. The van der Waals surface area contributed by atoms with E-state index in [4.69, 9.17) is 5.73 Å². The van der Waals surface area contributed by atoms with Gasteiger partial charge in [-0.2, -0.15) is 18.6 Å². The number of hydrogen-bond acceptors (Lipinski definition) is 0. The minimum atomic E-state index is 0. The van der Waals surface area contributed by atoms with Gasteiger partial charge in [-0.15, -0.1) is 48.2 Å². The van der Waals surface area contributed by atoms with Crippen molar-refractivity contribution in [3.05, 3.63) is 95.1 Å². The summed E-state index contributed by atoms with van der Waals surface area (Å²) >= 11 is 0. The topological polar surface area (TPSA) is 23.8 Å². The summed E-state index contributed by atoms with van der Waals surface area (Å²) in [5.74, 6) is 0. The fourth-order valence-electron chi connectivity index (χ4n) is 2.63. The molecule has 0 amide bonds. The molecule has 1 N–H and O–H groups in total. The van der Waals surface area contributed by atoms with Gasteiger partial charge in [0, 0.05) is 0 Å². The van der Waals surface area contributed by atoms with Crippen molar-refractivity contribution in [1.82, 2.24) is 0 Å². The SMILES string of the molecule is Cl.Cl.[CH2-]c1ccccc1C1=C(C)C(C)=C(C)C1.[NH-]c1ccccc1.[Ti+2]. The minimum absolute atomic E-state index is 0. The van der Waals surface area contributed by atoms with Crippen LogP contribution in [0.3, 0.4) is 0 Å². The standard InChI is InChI=1S/C15H17.C6H6N.2ClH.Ti/c1-10-7-5-6-8-14(10)15-9-11(2)12(3)13(15)4;7-6-4-2-1-3-5-6;;;/h5-8H,1,9H2,2-4H3;1-5,7H;2*1H;/q2*-1;;;+2. The molecule has 2 aromatic rings. The van der Waals surface area contributed by atoms with E-state index in [1.807, 2.05) is 24.3 Å². The van der Waals surface area contributed by atoms with Crippen LogP contribution >= 0.6 is 24.8 Å². The number of benzene rings is 2. The van der Waals surface area contributed by atoms with Crippen LogP contribution in [0, 0.1) is 6.92 Å². The van der Waals surface area contributed by atoms with Crippen LogP contribution in [0.15, 0.2) is 71.3 Å². The van der Waals surface area contributed by atoms with Gasteiger partial charge in [0.15, 0.2) is 0 Å². The summed E-state index contributed by atoms with van der Waals surface area (Å²) in [6.07, 6.45) is 1.09. The smallest absolute Gasteiger partial charge is 0.699 e. The van der Waals surface area contributed by atoms with Gasteiger partial charge in [-0.05, 0) is 32.8 Å². The maximum Gasteiger partial charge on any atom is 2.00 e. The molecule has 0 saturated carbocycles. The third kappa shape index (κ3) is 6.95. The number of hydrogen-bond donors (Lipinski definition) is 0. The number of halogens is 2. The number of rotatable bonds is 1. The molecule has 0 aliphatic heterocycles. The van der Waals surface area contributed by atoms with Gasteiger partial charge in [0.05, 0.1) is 0 Å². The molecule has 0 unspecified atom stereocenters. The molecular weight excluding hydrogens is 385 g/mol. The van der Waals surface area contributed by atoms with Gasteiger partial charge in [0.2, 0.25) is 0 Å². The van der Waals surface area contributed by atoms with Crippen LogP contribution < -0.4 is 0 Å². The molecule has 1 aliphatic rings. The van der Waals surface area contributed by atoms with E-state index in [-0.39, 0.29) is 46.5 Å². The molecule has 1 aliphatic carbocycles. The summed E-state index contributed by atoms with van der Waals surface area (Å²) in [5.41, 5.74) is 15.8. The molecule has 0 heterocycles. The molecule has 0 bridgehead atoms. The average molecular weight is 410 g/mol. The first kappa shape index (κ1) is 26.1. The second-order valence-corrected chi connectivity index (χ2v) is 5.71. The molecule has 0 atom stereocenters. The molecule has 132 valence electrons. The first-order valence-electron chi connectivity index (χ1n) is 7.55. The average Bonchev–Trinajstić information content (AvgIpc) is 2.77. The third-order valence-corrected chi connectivity index (χ3v) is 4.21. The fourth-order valence-corrected chi connectivity index (χ4v) is 2.63. The molecule has 0 fully saturated rings. The van der Waals surface area contributed by atoms with Crippen molar-refractivity contribution >= 4 is 36.1 Å². The van der Waals surface area contributed by atoms with Crippen LogP contribution in [-0.2, 0) is 21.7 Å². The van der Waals surface area contributed by atoms with Gasteiger partial charge in [0.25, 0.3) is 0 Å². The summed E-state index contributed by atoms with van der Waals surface area (Å²) in [7, 11) is 0. The van der Waals surface area contributed by atoms with E-state index < -0.39 is 0 Å². The van der Waals surface area contributed by atoms with Crippen molar-refractivity contribution in [3.8, 4) is 0 Å². The largest absolute Gasteiger partial charge is 2.00 e. The van der Waals surface area contributed by atoms with Crippen LogP contribution in [0.25, 0.3) is 11.3 Å². The molecule has 0 spiro atoms. The van der Waals surface area contributed by atoms with E-state index in [0.717, 1.165) is 12.0 Å². The Labute approximate surface area is 179 Å². The zero-order valence-electron chi connectivity index (χ0n) is 14.9. The summed E-state index contributed by atoms with van der Waals surface area (Å²) in [5, 5.41) is 0. The van der Waals surface area contributed by atoms with Crippen molar-refractivity contribution in [2.75, 3.05) is 0 Å². The summed E-state index contributed by atoms with van der Waals surface area (Å²) < 4.78 is 0. The predicted molar refractivity (Wildman–Crippen MR) is 111 cm³/mol. The van der Waals surface area contributed by atoms with Crippen molar-refractivity contribution in [3.63, 3.8) is 0 Å². The monoisotopic (exact) mass is 409 g/mol. The Hall–Kier alpha value is -1.12. The van der Waals surface area contributed by atoms with E-state index in [0.29, 0.717) is 5.69 Å². The molecule has 3 rings (SSSR count). The Morgan fingerprint density at radius 3 is 1.72 bits per heavy atom. The summed E-state index contributed by atoms with van der Waals surface area (Å²) in [4.78, 5) is 0. The molecule has 1 nitrogen and oxygen atoms in total. The summed E-state index contributed by atoms with van der Waals surface area (Å²) in [6, 6.07) is 17.5. The van der Waals surface area contributed by atoms with Crippen LogP contribution in [0.4, 0.5) is 5.69 Å². The van der Waals surface area contributed by atoms with Gasteiger partial charge < -0.3 is 5.73 Å². The van der Waals surface area contributed by atoms with Crippen molar-refractivity contribution in [1.29, 1.82) is 0 Å². The molecular formula is C21H25Cl2NTi. The maximum atomic E-state index is 7.00. The van der Waals surface area contributed by atoms with Crippen LogP contribution in [0.2, 0.25) is 0 Å². The molecule has 2 aromatic carbocycles. The Balaban J connectivity index is 0. The summed E-state index contributed by atoms with van der Waals surface area (Å²) in [6.45, 7) is 10.7. The quantitative estimate of drug-likeness (QED) is 0.342. The predicted octanol–water partition coefficient (Wildman–Crippen LogP) is 7.59. The van der Waals surface area contributed by atoms with Crippen LogP contribution in [-0.4, -0.2) is 0 Å². The van der Waals surface area contributed by atoms with Crippen molar-refractivity contribution < 1.29 is 21.7 Å². The first-order chi connectivity index (χ1) is 10.5. The van der Waals surface area contributed by atoms with E-state index in [1.54, 1.807) is 12.1 Å². The van der Waals surface area contributed by atoms with Gasteiger partial charge in [0.1, 0.15) is 0 Å². The Morgan fingerprint density at radius 1 is 0.800 bits per heavy atom. The fraction of sp³-hybridized carbons (Fsp3) is 0.190. The van der Waals surface area contributed by atoms with E-state index >= 15 is 0 Å². The van der Waals surface area contributed by atoms with Crippen molar-refractivity contribution in [2.45, 2.75) is 27.2 Å². The second kappa shape index (κ2) is 12.3. The van der Waals surface area contributed by atoms with Crippen LogP contribution in [0.5, 0.6) is 0 Å². The zero-order valence-corrected chi connectivity index (χ0v) is 18.1. The van der Waals surface area contributed by atoms with Gasteiger partial charge in [-0.1, -0.05) is 53.1 Å². The van der Waals surface area contributed by atoms with Crippen molar-refractivity contribution in [2.24, 2.45) is 0 Å². The Morgan fingerprint density at radius 2 is 1.32 bits per heavy atom. The molecule has 0 saturated heterocycles. The van der Waals surface area contributed by atoms with Gasteiger partial charge >= 0.3 is 21.7 Å². The minimum Gasteiger partial charge on any atom is -0.699 e. The van der Waals surface area contributed by atoms with Gasteiger partial charge in [-0.25, -0.2) is 0 Å². The normalized spacial score (nSPS) is 12.3. The zero-order chi connectivity index (χ0) is 16.1. The van der Waals surface area contributed by atoms with E-state index in [1.165, 1.54) is 27.9 Å². The number of allylic oxidation sites excluding steroid dienone is 4. The third-order valence-electron chi connectivity index (χ3n) is 4.21. The maximum absolute atomic E-state index is 7.00. The van der Waals surface area contributed by atoms with E-state index in [9.17, 15) is 0 Å². The van der Waals surface area contributed by atoms with Gasteiger partial charge in [-0.3, -0.25) is 0 Å². The van der Waals surface area contributed by atoms with Crippen LogP contribution in [0.1, 0.15) is 38.3 Å².